The van der Waals surface area contributed by atoms with Gasteiger partial charge in [0.05, 0.1) is 59.0 Å². The van der Waals surface area contributed by atoms with Crippen molar-refractivity contribution >= 4 is 5.91 Å². The van der Waals surface area contributed by atoms with Gasteiger partial charge in [0.25, 0.3) is 0 Å². The van der Waals surface area contributed by atoms with Gasteiger partial charge in [0.15, 0.2) is 12.1 Å². The molecule has 31 heavy (non-hydrogen) atoms. The van der Waals surface area contributed by atoms with E-state index in [1.54, 1.807) is 0 Å². The van der Waals surface area contributed by atoms with E-state index in [-0.39, 0.29) is 31.2 Å². The lowest BCUT2D eigenvalue weighted by Crippen LogP contribution is -2.55. The molecule has 2 aliphatic heterocycles. The Morgan fingerprint density at radius 3 is 2.00 bits per heavy atom. The summed E-state index contributed by atoms with van der Waals surface area (Å²) in [6.45, 7) is 7.78. The molecule has 0 spiro atoms. The average Bonchev–Trinajstić information content (AvgIpc) is 3.05. The van der Waals surface area contributed by atoms with Crippen molar-refractivity contribution in [1.82, 2.24) is 0 Å². The van der Waals surface area contributed by atoms with E-state index in [4.69, 9.17) is 49.4 Å². The fraction of sp³-hybridized carbons (Fsp3) is 0.950. The summed E-state index contributed by atoms with van der Waals surface area (Å²) in [5.74, 6) is -1.59. The molecule has 11 nitrogen and oxygen atoms in total. The topological polar surface area (TPSA) is 143 Å². The Morgan fingerprint density at radius 2 is 1.45 bits per heavy atom. The van der Waals surface area contributed by atoms with Crippen molar-refractivity contribution in [2.45, 2.75) is 50.7 Å². The van der Waals surface area contributed by atoms with E-state index < -0.39 is 24.1 Å². The van der Waals surface area contributed by atoms with Crippen LogP contribution in [-0.4, -0.2) is 103 Å². The van der Waals surface area contributed by atoms with Gasteiger partial charge >= 0.3 is 0 Å². The second kappa shape index (κ2) is 13.6. The molecular weight excluding hydrogens is 412 g/mol. The largest absolute Gasteiger partial charge is 0.378 e. The number of hydrogen-bond donors (Lipinski definition) is 2. The zero-order valence-corrected chi connectivity index (χ0v) is 18.8. The van der Waals surface area contributed by atoms with Gasteiger partial charge in [-0.2, -0.15) is 0 Å². The molecule has 0 aromatic carbocycles. The first-order chi connectivity index (χ1) is 14.9. The lowest BCUT2D eigenvalue weighted by molar-refractivity contribution is -0.260. The number of primary amides is 1. The summed E-state index contributed by atoms with van der Waals surface area (Å²) >= 11 is 0. The molecule has 2 heterocycles. The van der Waals surface area contributed by atoms with Gasteiger partial charge in [0.2, 0.25) is 5.91 Å². The summed E-state index contributed by atoms with van der Waals surface area (Å²) in [5, 5.41) is 0. The highest BCUT2D eigenvalue weighted by molar-refractivity contribution is 5.74. The van der Waals surface area contributed by atoms with E-state index in [0.29, 0.717) is 52.8 Å². The molecule has 2 rings (SSSR count). The molecule has 0 saturated carbocycles. The number of nitrogens with two attached hydrogens (primary N) is 2. The molecule has 0 radical (unpaired) electrons. The monoisotopic (exact) mass is 450 g/mol. The van der Waals surface area contributed by atoms with Crippen molar-refractivity contribution in [2.75, 3.05) is 66.5 Å². The van der Waals surface area contributed by atoms with Crippen molar-refractivity contribution in [3.8, 4) is 0 Å². The predicted molar refractivity (Wildman–Crippen MR) is 109 cm³/mol. The summed E-state index contributed by atoms with van der Waals surface area (Å²) in [5.41, 5.74) is 10.7. The molecule has 0 unspecified atom stereocenters. The van der Waals surface area contributed by atoms with Gasteiger partial charge in [0, 0.05) is 26.0 Å². The van der Waals surface area contributed by atoms with Crippen LogP contribution < -0.4 is 11.5 Å². The average molecular weight is 451 g/mol. The Hall–Kier alpha value is -0.890. The van der Waals surface area contributed by atoms with E-state index in [2.05, 4.69) is 0 Å². The van der Waals surface area contributed by atoms with Gasteiger partial charge in [-0.15, -0.1) is 0 Å². The third-order valence-electron chi connectivity index (χ3n) is 4.94. The van der Waals surface area contributed by atoms with Crippen molar-refractivity contribution in [1.29, 1.82) is 0 Å². The second-order valence-corrected chi connectivity index (χ2v) is 7.88. The molecule has 2 saturated heterocycles. The lowest BCUT2D eigenvalue weighted by Gasteiger charge is -2.41. The summed E-state index contributed by atoms with van der Waals surface area (Å²) < 4.78 is 45.3. The van der Waals surface area contributed by atoms with Crippen LogP contribution >= 0.6 is 0 Å². The van der Waals surface area contributed by atoms with Crippen LogP contribution in [0.2, 0.25) is 0 Å². The summed E-state index contributed by atoms with van der Waals surface area (Å²) in [6, 6.07) is 0. The Labute approximate surface area is 183 Å². The Bertz CT molecular complexity index is 523. The number of amides is 1. The number of hydrogen-bond acceptors (Lipinski definition) is 10. The van der Waals surface area contributed by atoms with Gasteiger partial charge < -0.3 is 49.4 Å². The second-order valence-electron chi connectivity index (χ2n) is 7.88. The van der Waals surface area contributed by atoms with E-state index >= 15 is 0 Å². The minimum Gasteiger partial charge on any atom is -0.378 e. The highest BCUT2D eigenvalue weighted by Gasteiger charge is 2.55. The van der Waals surface area contributed by atoms with E-state index in [1.807, 2.05) is 13.8 Å². The maximum absolute atomic E-state index is 11.5. The van der Waals surface area contributed by atoms with Crippen LogP contribution in [0.25, 0.3) is 0 Å². The predicted octanol–water partition coefficient (Wildman–Crippen LogP) is -0.605. The summed E-state index contributed by atoms with van der Waals surface area (Å²) in [4.78, 5) is 11.5. The number of carbonyl (C=O) groups excluding carboxylic acids is 1. The minimum absolute atomic E-state index is 0.0851. The van der Waals surface area contributed by atoms with E-state index in [0.717, 1.165) is 0 Å². The molecule has 4 N–H and O–H groups in total. The smallest absolute Gasteiger partial charge is 0.217 e. The first kappa shape index (κ1) is 26.4. The molecule has 0 aliphatic carbocycles. The zero-order chi connectivity index (χ0) is 22.7. The maximum Gasteiger partial charge on any atom is 0.217 e. The number of carbonyl (C=O) groups is 1. The fourth-order valence-corrected chi connectivity index (χ4v) is 3.69. The fourth-order valence-electron chi connectivity index (χ4n) is 3.69. The van der Waals surface area contributed by atoms with Gasteiger partial charge in [-0.3, -0.25) is 4.79 Å². The Morgan fingerprint density at radius 1 is 0.903 bits per heavy atom. The normalized spacial score (nSPS) is 29.7. The lowest BCUT2D eigenvalue weighted by atomic mass is 9.88. The molecular formula is C20H38N2O9. The molecule has 2 aliphatic rings. The quantitative estimate of drug-likeness (QED) is 0.292. The molecule has 0 aromatic heterocycles. The van der Waals surface area contributed by atoms with E-state index in [1.165, 1.54) is 7.11 Å². The van der Waals surface area contributed by atoms with Crippen LogP contribution in [0.4, 0.5) is 0 Å². The molecule has 5 atom stereocenters. The van der Waals surface area contributed by atoms with E-state index in [9.17, 15) is 4.79 Å². The van der Waals surface area contributed by atoms with Crippen molar-refractivity contribution in [2.24, 2.45) is 17.4 Å². The number of methoxy groups -OCH3 is 1. The van der Waals surface area contributed by atoms with Gasteiger partial charge in [0.1, 0.15) is 12.2 Å². The summed E-state index contributed by atoms with van der Waals surface area (Å²) in [6.07, 6.45) is -1.72. The van der Waals surface area contributed by atoms with Gasteiger partial charge in [-0.25, -0.2) is 0 Å². The molecule has 11 heteroatoms. The van der Waals surface area contributed by atoms with Crippen molar-refractivity contribution in [3.63, 3.8) is 0 Å². The third kappa shape index (κ3) is 8.87. The standard InChI is InChI=1S/C20H38N2O9/c1-20(2)30-17-14(12-16(22)23)19(24-3)29-15(18(17)31-20)13-28-11-10-27-9-8-26-7-6-25-5-4-21/h14-15,17-19H,4-13,21H2,1-3H3,(H2,22,23)/t14-,15-,17-,18+,19-/m1/s1. The molecule has 182 valence electrons. The Balaban J connectivity index is 1.67. The van der Waals surface area contributed by atoms with Crippen LogP contribution in [0.1, 0.15) is 20.3 Å². The number of ether oxygens (including phenoxy) is 8. The first-order valence-corrected chi connectivity index (χ1v) is 10.7. The minimum atomic E-state index is -0.798. The Kier molecular flexibility index (Phi) is 11.6. The van der Waals surface area contributed by atoms with Gasteiger partial charge in [-0.1, -0.05) is 0 Å². The van der Waals surface area contributed by atoms with Crippen LogP contribution in [0.3, 0.4) is 0 Å². The molecule has 0 aromatic rings. The third-order valence-corrected chi connectivity index (χ3v) is 4.94. The summed E-state index contributed by atoms with van der Waals surface area (Å²) in [7, 11) is 1.53. The van der Waals surface area contributed by atoms with Crippen molar-refractivity contribution < 1.29 is 42.7 Å². The zero-order valence-electron chi connectivity index (χ0n) is 18.8. The van der Waals surface area contributed by atoms with Gasteiger partial charge in [-0.05, 0) is 13.8 Å². The number of fused-ring (bicyclic) bond motifs is 1. The first-order valence-electron chi connectivity index (χ1n) is 10.7. The number of rotatable bonds is 16. The van der Waals surface area contributed by atoms with Crippen molar-refractivity contribution in [3.05, 3.63) is 0 Å². The van der Waals surface area contributed by atoms with Crippen LogP contribution in [0.15, 0.2) is 0 Å². The van der Waals surface area contributed by atoms with Crippen LogP contribution in [0, 0.1) is 5.92 Å². The maximum atomic E-state index is 11.5. The van der Waals surface area contributed by atoms with Crippen LogP contribution in [0.5, 0.6) is 0 Å². The SMILES string of the molecule is CO[C@@H]1O[C@H](COCCOCCOCCOCCN)[C@@H]2OC(C)(C)O[C@@H]2[C@H]1CC(N)=O. The highest BCUT2D eigenvalue weighted by atomic mass is 16.8. The molecule has 0 bridgehead atoms. The molecule has 1 amide bonds. The molecule has 2 fully saturated rings. The van der Waals surface area contributed by atoms with Crippen LogP contribution in [-0.2, 0) is 42.7 Å². The highest BCUT2D eigenvalue weighted by Crippen LogP contribution is 2.41.